The largest absolute Gasteiger partial charge is 0.395 e. The average molecular weight is 216 g/mol. The van der Waals surface area contributed by atoms with Gasteiger partial charge >= 0.3 is 0 Å². The molecule has 0 radical (unpaired) electrons. The summed E-state index contributed by atoms with van der Waals surface area (Å²) in [6.07, 6.45) is 2.78. The second kappa shape index (κ2) is 3.67. The van der Waals surface area contributed by atoms with E-state index in [1.165, 1.54) is 0 Å². The SMILES string of the molecule is CC1(C)CCN(c2nccc(C#N)c2N)C1. The zero-order valence-corrected chi connectivity index (χ0v) is 9.70. The maximum Gasteiger partial charge on any atom is 0.153 e. The molecule has 2 rings (SSSR count). The molecule has 0 amide bonds. The molecule has 0 atom stereocenters. The molecule has 0 unspecified atom stereocenters. The second-order valence-electron chi connectivity index (χ2n) is 5.04. The van der Waals surface area contributed by atoms with E-state index in [1.54, 1.807) is 12.3 Å². The van der Waals surface area contributed by atoms with E-state index < -0.39 is 0 Å². The number of rotatable bonds is 1. The molecule has 0 aromatic carbocycles. The van der Waals surface area contributed by atoms with Crippen LogP contribution in [0.4, 0.5) is 11.5 Å². The lowest BCUT2D eigenvalue weighted by Crippen LogP contribution is -2.24. The van der Waals surface area contributed by atoms with Crippen LogP contribution in [0.5, 0.6) is 0 Å². The topological polar surface area (TPSA) is 65.9 Å². The number of aromatic nitrogens is 1. The van der Waals surface area contributed by atoms with E-state index >= 15 is 0 Å². The maximum atomic E-state index is 8.91. The zero-order valence-electron chi connectivity index (χ0n) is 9.70. The molecule has 4 nitrogen and oxygen atoms in total. The first kappa shape index (κ1) is 10.7. The highest BCUT2D eigenvalue weighted by Crippen LogP contribution is 2.34. The lowest BCUT2D eigenvalue weighted by molar-refractivity contribution is 0.418. The number of nitriles is 1. The minimum absolute atomic E-state index is 0.302. The lowest BCUT2D eigenvalue weighted by atomic mass is 9.93. The predicted octanol–water partition coefficient (Wildman–Crippen LogP) is 1.77. The monoisotopic (exact) mass is 216 g/mol. The predicted molar refractivity (Wildman–Crippen MR) is 64.0 cm³/mol. The third-order valence-corrected chi connectivity index (χ3v) is 3.07. The Morgan fingerprint density at radius 3 is 2.88 bits per heavy atom. The molecule has 4 heteroatoms. The zero-order chi connectivity index (χ0) is 11.8. The van der Waals surface area contributed by atoms with Gasteiger partial charge in [0.25, 0.3) is 0 Å². The number of anilines is 2. The van der Waals surface area contributed by atoms with Crippen LogP contribution in [0.15, 0.2) is 12.3 Å². The molecule has 1 aromatic heterocycles. The van der Waals surface area contributed by atoms with E-state index in [1.807, 2.05) is 0 Å². The first-order valence-corrected chi connectivity index (χ1v) is 5.43. The molecule has 1 fully saturated rings. The molecule has 1 aromatic rings. The third kappa shape index (κ3) is 1.81. The molecule has 84 valence electrons. The van der Waals surface area contributed by atoms with Crippen molar-refractivity contribution >= 4 is 11.5 Å². The highest BCUT2D eigenvalue weighted by atomic mass is 15.2. The number of hydrogen-bond donors (Lipinski definition) is 1. The van der Waals surface area contributed by atoms with Crippen LogP contribution < -0.4 is 10.6 Å². The van der Waals surface area contributed by atoms with Gasteiger partial charge in [-0.05, 0) is 17.9 Å². The fourth-order valence-corrected chi connectivity index (χ4v) is 2.10. The minimum atomic E-state index is 0.302. The van der Waals surface area contributed by atoms with Crippen LogP contribution in [0, 0.1) is 16.7 Å². The summed E-state index contributed by atoms with van der Waals surface area (Å²) in [6, 6.07) is 3.74. The van der Waals surface area contributed by atoms with E-state index in [2.05, 4.69) is 29.8 Å². The summed E-state index contributed by atoms with van der Waals surface area (Å²) < 4.78 is 0. The summed E-state index contributed by atoms with van der Waals surface area (Å²) in [5.41, 5.74) is 7.25. The fraction of sp³-hybridized carbons (Fsp3) is 0.500. The molecule has 1 aliphatic rings. The van der Waals surface area contributed by atoms with Crippen molar-refractivity contribution in [3.63, 3.8) is 0 Å². The highest BCUT2D eigenvalue weighted by Gasteiger charge is 2.31. The number of nitrogens with two attached hydrogens (primary N) is 1. The van der Waals surface area contributed by atoms with E-state index in [0.717, 1.165) is 25.3 Å². The van der Waals surface area contributed by atoms with Gasteiger partial charge < -0.3 is 10.6 Å². The summed E-state index contributed by atoms with van der Waals surface area (Å²) in [7, 11) is 0. The summed E-state index contributed by atoms with van der Waals surface area (Å²) in [6.45, 7) is 6.37. The van der Waals surface area contributed by atoms with Crippen molar-refractivity contribution < 1.29 is 0 Å². The molecule has 2 N–H and O–H groups in total. The van der Waals surface area contributed by atoms with Gasteiger partial charge in [-0.3, -0.25) is 0 Å². The quantitative estimate of drug-likeness (QED) is 0.777. The van der Waals surface area contributed by atoms with E-state index in [-0.39, 0.29) is 0 Å². The standard InChI is InChI=1S/C12H16N4/c1-12(2)4-6-16(8-12)11-10(14)9(7-13)3-5-15-11/h3,5H,4,6,8,14H2,1-2H3. The van der Waals surface area contributed by atoms with Gasteiger partial charge in [-0.15, -0.1) is 0 Å². The maximum absolute atomic E-state index is 8.91. The Morgan fingerprint density at radius 1 is 1.56 bits per heavy atom. The molecular weight excluding hydrogens is 200 g/mol. The number of hydrogen-bond acceptors (Lipinski definition) is 4. The second-order valence-corrected chi connectivity index (χ2v) is 5.04. The Morgan fingerprint density at radius 2 is 2.31 bits per heavy atom. The van der Waals surface area contributed by atoms with Crippen molar-refractivity contribution in [2.75, 3.05) is 23.7 Å². The van der Waals surface area contributed by atoms with Gasteiger partial charge in [0.2, 0.25) is 0 Å². The van der Waals surface area contributed by atoms with Crippen molar-refractivity contribution in [2.45, 2.75) is 20.3 Å². The third-order valence-electron chi connectivity index (χ3n) is 3.07. The van der Waals surface area contributed by atoms with E-state index in [4.69, 9.17) is 11.0 Å². The Kier molecular flexibility index (Phi) is 2.47. The van der Waals surface area contributed by atoms with Gasteiger partial charge in [-0.2, -0.15) is 5.26 Å². The van der Waals surface area contributed by atoms with Gasteiger partial charge in [0.05, 0.1) is 11.3 Å². The summed E-state index contributed by atoms with van der Waals surface area (Å²) in [4.78, 5) is 6.45. The van der Waals surface area contributed by atoms with Crippen LogP contribution in [0.25, 0.3) is 0 Å². The lowest BCUT2D eigenvalue weighted by Gasteiger charge is -2.22. The molecule has 1 aliphatic heterocycles. The number of pyridine rings is 1. The number of nitrogens with zero attached hydrogens (tertiary/aromatic N) is 3. The van der Waals surface area contributed by atoms with E-state index in [0.29, 0.717) is 16.7 Å². The summed E-state index contributed by atoms with van der Waals surface area (Å²) >= 11 is 0. The van der Waals surface area contributed by atoms with Crippen LogP contribution in [0.2, 0.25) is 0 Å². The summed E-state index contributed by atoms with van der Waals surface area (Å²) in [5.74, 6) is 0.754. The van der Waals surface area contributed by atoms with Crippen LogP contribution in [-0.2, 0) is 0 Å². The van der Waals surface area contributed by atoms with Crippen LogP contribution in [0.3, 0.4) is 0 Å². The van der Waals surface area contributed by atoms with Crippen molar-refractivity contribution in [2.24, 2.45) is 5.41 Å². The molecule has 0 saturated carbocycles. The van der Waals surface area contributed by atoms with Gasteiger partial charge in [-0.1, -0.05) is 13.8 Å². The molecule has 1 saturated heterocycles. The summed E-state index contributed by atoms with van der Waals surface area (Å²) in [5, 5.41) is 8.91. The molecule has 0 spiro atoms. The highest BCUT2D eigenvalue weighted by molar-refractivity contribution is 5.70. The molecule has 0 bridgehead atoms. The Hall–Kier alpha value is -1.76. The molecule has 16 heavy (non-hydrogen) atoms. The van der Waals surface area contributed by atoms with Gasteiger partial charge in [0.15, 0.2) is 5.82 Å². The first-order chi connectivity index (χ1) is 7.53. The van der Waals surface area contributed by atoms with Crippen molar-refractivity contribution in [1.82, 2.24) is 4.98 Å². The molecular formula is C12H16N4. The smallest absolute Gasteiger partial charge is 0.153 e. The first-order valence-electron chi connectivity index (χ1n) is 5.43. The van der Waals surface area contributed by atoms with Gasteiger partial charge in [0, 0.05) is 19.3 Å². The van der Waals surface area contributed by atoms with Crippen molar-refractivity contribution in [3.8, 4) is 6.07 Å². The molecule has 0 aliphatic carbocycles. The van der Waals surface area contributed by atoms with Crippen LogP contribution >= 0.6 is 0 Å². The average Bonchev–Trinajstić information content (AvgIpc) is 2.59. The van der Waals surface area contributed by atoms with Gasteiger partial charge in [0.1, 0.15) is 6.07 Å². The Labute approximate surface area is 95.7 Å². The normalized spacial score (nSPS) is 18.4. The number of nitrogen functional groups attached to an aromatic ring is 1. The Bertz CT molecular complexity index is 445. The minimum Gasteiger partial charge on any atom is -0.395 e. The fourth-order valence-electron chi connectivity index (χ4n) is 2.10. The van der Waals surface area contributed by atoms with Crippen LogP contribution in [0.1, 0.15) is 25.8 Å². The van der Waals surface area contributed by atoms with E-state index in [9.17, 15) is 0 Å². The van der Waals surface area contributed by atoms with Crippen molar-refractivity contribution in [1.29, 1.82) is 5.26 Å². The van der Waals surface area contributed by atoms with Gasteiger partial charge in [-0.25, -0.2) is 4.98 Å². The van der Waals surface area contributed by atoms with Crippen LogP contribution in [-0.4, -0.2) is 18.1 Å². The van der Waals surface area contributed by atoms with Crippen molar-refractivity contribution in [3.05, 3.63) is 17.8 Å². The molecule has 2 heterocycles. The Balaban J connectivity index is 2.33.